The Morgan fingerprint density at radius 2 is 1.78 bits per heavy atom. The molecule has 1 aliphatic heterocycles. The van der Waals surface area contributed by atoms with E-state index in [4.69, 9.17) is 11.6 Å². The molecule has 0 saturated carbocycles. The molecule has 230 valence electrons. The van der Waals surface area contributed by atoms with Crippen LogP contribution in [0.4, 0.5) is 30.6 Å². The Hall–Kier alpha value is -4.97. The third kappa shape index (κ3) is 7.07. The van der Waals surface area contributed by atoms with Crippen molar-refractivity contribution >= 4 is 35.0 Å². The number of amides is 1. The summed E-state index contributed by atoms with van der Waals surface area (Å²) in [7, 11) is 0. The molecule has 1 saturated heterocycles. The van der Waals surface area contributed by atoms with E-state index in [-0.39, 0.29) is 17.8 Å². The smallest absolute Gasteiger partial charge is 0.367 e. The minimum Gasteiger partial charge on any atom is -0.367 e. The lowest BCUT2D eigenvalue weighted by Crippen LogP contribution is -2.42. The van der Waals surface area contributed by atoms with Crippen molar-refractivity contribution in [3.8, 4) is 16.9 Å². The normalized spacial score (nSPS) is 13.9. The Labute approximate surface area is 262 Å². The molecule has 0 spiro atoms. The summed E-state index contributed by atoms with van der Waals surface area (Å²) in [5.74, 6) is 0.996. The average Bonchev–Trinajstić information content (AvgIpc) is 3.57. The average molecular weight is 633 g/mol. The first-order valence-corrected chi connectivity index (χ1v) is 14.6. The van der Waals surface area contributed by atoms with Gasteiger partial charge in [-0.25, -0.2) is 19.6 Å². The fourth-order valence-corrected chi connectivity index (χ4v) is 5.36. The molecule has 1 aromatic carbocycles. The summed E-state index contributed by atoms with van der Waals surface area (Å²) in [6.45, 7) is 3.02. The fraction of sp³-hybridized carbons (Fsp3) is 0.219. The summed E-state index contributed by atoms with van der Waals surface area (Å²) in [5.41, 5.74) is 2.65. The van der Waals surface area contributed by atoms with Crippen LogP contribution in [0.2, 0.25) is 5.02 Å². The predicted octanol–water partition coefficient (Wildman–Crippen LogP) is 7.17. The van der Waals surface area contributed by atoms with E-state index in [1.165, 1.54) is 0 Å². The summed E-state index contributed by atoms with van der Waals surface area (Å²) >= 11 is 6.39. The monoisotopic (exact) mass is 632 g/mol. The van der Waals surface area contributed by atoms with Crippen molar-refractivity contribution in [2.75, 3.05) is 23.7 Å². The maximum Gasteiger partial charge on any atom is 0.416 e. The van der Waals surface area contributed by atoms with Gasteiger partial charge in [0, 0.05) is 49.5 Å². The first kappa shape index (κ1) is 30.1. The standard InChI is InChI=1S/C32H28ClF3N8O/c1-20-15-27(41-30(16-20)42-29-17-22(7-11-37-29)32(34,35)36)21-3-6-28(38-19-21)40-23-8-13-43(14-9-23)31(45)25-18-24(4-5-26(25)33)44-12-2-10-39-44/h2-7,10-12,15-19,23H,8-9,13-14H2,1H3,(H,38,40)(H,37,41,42). The molecule has 1 amide bonds. The van der Waals surface area contributed by atoms with Gasteiger partial charge in [0.15, 0.2) is 0 Å². The maximum absolute atomic E-state index is 13.3. The van der Waals surface area contributed by atoms with Crippen LogP contribution in [0.15, 0.2) is 85.5 Å². The van der Waals surface area contributed by atoms with Crippen molar-refractivity contribution in [2.45, 2.75) is 32.0 Å². The zero-order valence-electron chi connectivity index (χ0n) is 24.1. The molecule has 0 radical (unpaired) electrons. The van der Waals surface area contributed by atoms with Crippen LogP contribution in [0.5, 0.6) is 0 Å². The van der Waals surface area contributed by atoms with Crippen molar-refractivity contribution in [1.29, 1.82) is 0 Å². The Morgan fingerprint density at radius 3 is 2.49 bits per heavy atom. The van der Waals surface area contributed by atoms with Gasteiger partial charge in [-0.3, -0.25) is 4.79 Å². The molecule has 1 fully saturated rings. The Balaban J connectivity index is 1.07. The van der Waals surface area contributed by atoms with Crippen molar-refractivity contribution in [1.82, 2.24) is 29.6 Å². The highest BCUT2D eigenvalue weighted by Gasteiger charge is 2.31. The molecule has 13 heteroatoms. The molecule has 0 bridgehead atoms. The largest absolute Gasteiger partial charge is 0.416 e. The van der Waals surface area contributed by atoms with Crippen LogP contribution in [-0.2, 0) is 6.18 Å². The third-order valence-electron chi connectivity index (χ3n) is 7.46. The number of halogens is 4. The van der Waals surface area contributed by atoms with E-state index in [1.54, 1.807) is 35.3 Å². The van der Waals surface area contributed by atoms with E-state index >= 15 is 0 Å². The van der Waals surface area contributed by atoms with Crippen LogP contribution in [-0.4, -0.2) is 54.7 Å². The molecule has 0 atom stereocenters. The van der Waals surface area contributed by atoms with E-state index < -0.39 is 11.7 Å². The number of hydrogen-bond acceptors (Lipinski definition) is 7. The number of aromatic nitrogens is 5. The molecule has 4 aromatic heterocycles. The van der Waals surface area contributed by atoms with E-state index in [0.717, 1.165) is 48.0 Å². The second-order valence-corrected chi connectivity index (χ2v) is 11.1. The number of piperidine rings is 1. The Bertz CT molecular complexity index is 1800. The quantitative estimate of drug-likeness (QED) is 0.196. The van der Waals surface area contributed by atoms with Gasteiger partial charge in [-0.1, -0.05) is 11.6 Å². The number of likely N-dealkylation sites (tertiary alicyclic amines) is 1. The second kappa shape index (κ2) is 12.6. The van der Waals surface area contributed by atoms with E-state index in [0.29, 0.717) is 41.0 Å². The number of anilines is 3. The number of hydrogen-bond donors (Lipinski definition) is 2. The molecule has 45 heavy (non-hydrogen) atoms. The van der Waals surface area contributed by atoms with E-state index in [1.807, 2.05) is 48.4 Å². The summed E-state index contributed by atoms with van der Waals surface area (Å²) in [6.07, 6.45) is 3.30. The van der Waals surface area contributed by atoms with Gasteiger partial charge in [0.1, 0.15) is 17.5 Å². The highest BCUT2D eigenvalue weighted by atomic mass is 35.5. The maximum atomic E-state index is 13.3. The SMILES string of the molecule is Cc1cc(Nc2cc(C(F)(F)F)ccn2)nc(-c2ccc(NC3CCN(C(=O)c4cc(-n5cccn5)ccc4Cl)CC3)nc2)c1. The van der Waals surface area contributed by atoms with E-state index in [2.05, 4.69) is 30.7 Å². The first-order chi connectivity index (χ1) is 21.6. The van der Waals surface area contributed by atoms with Crippen molar-refractivity contribution in [2.24, 2.45) is 0 Å². The third-order valence-corrected chi connectivity index (χ3v) is 7.79. The highest BCUT2D eigenvalue weighted by molar-refractivity contribution is 6.33. The lowest BCUT2D eigenvalue weighted by atomic mass is 10.0. The van der Waals surface area contributed by atoms with Crippen LogP contribution < -0.4 is 10.6 Å². The van der Waals surface area contributed by atoms with E-state index in [9.17, 15) is 18.0 Å². The molecule has 0 aliphatic carbocycles. The minimum absolute atomic E-state index is 0.0464. The van der Waals surface area contributed by atoms with Gasteiger partial charge < -0.3 is 15.5 Å². The van der Waals surface area contributed by atoms with Gasteiger partial charge in [-0.15, -0.1) is 0 Å². The zero-order valence-corrected chi connectivity index (χ0v) is 24.8. The van der Waals surface area contributed by atoms with Crippen LogP contribution in [0.3, 0.4) is 0 Å². The lowest BCUT2D eigenvalue weighted by molar-refractivity contribution is -0.137. The molecule has 6 rings (SSSR count). The first-order valence-electron chi connectivity index (χ1n) is 14.2. The summed E-state index contributed by atoms with van der Waals surface area (Å²) < 4.78 is 41.0. The Kier molecular flexibility index (Phi) is 8.40. The number of benzene rings is 1. The summed E-state index contributed by atoms with van der Waals surface area (Å²) in [6, 6.07) is 16.5. The number of carbonyl (C=O) groups excluding carboxylic acids is 1. The summed E-state index contributed by atoms with van der Waals surface area (Å²) in [4.78, 5) is 28.2. The number of alkyl halides is 3. The molecule has 9 nitrogen and oxygen atoms in total. The van der Waals surface area contributed by atoms with Gasteiger partial charge in [0.25, 0.3) is 5.91 Å². The van der Waals surface area contributed by atoms with Crippen LogP contribution in [0, 0.1) is 6.92 Å². The number of nitrogens with one attached hydrogen (secondary N) is 2. The van der Waals surface area contributed by atoms with Crippen molar-refractivity contribution in [3.05, 3.63) is 107 Å². The number of pyridine rings is 3. The minimum atomic E-state index is -4.47. The van der Waals surface area contributed by atoms with Gasteiger partial charge in [0.2, 0.25) is 0 Å². The fourth-order valence-electron chi connectivity index (χ4n) is 5.16. The molecule has 1 aliphatic rings. The molecular formula is C32H28ClF3N8O. The topological polar surface area (TPSA) is 101 Å². The number of rotatable bonds is 7. The Morgan fingerprint density at radius 1 is 0.956 bits per heavy atom. The van der Waals surface area contributed by atoms with Gasteiger partial charge in [-0.2, -0.15) is 18.3 Å². The van der Waals surface area contributed by atoms with Crippen LogP contribution in [0.25, 0.3) is 16.9 Å². The summed E-state index contributed by atoms with van der Waals surface area (Å²) in [5, 5.41) is 11.0. The molecule has 5 heterocycles. The highest BCUT2D eigenvalue weighted by Crippen LogP contribution is 2.31. The second-order valence-electron chi connectivity index (χ2n) is 10.7. The molecule has 2 N–H and O–H groups in total. The zero-order chi connectivity index (χ0) is 31.6. The van der Waals surface area contributed by atoms with Gasteiger partial charge >= 0.3 is 6.18 Å². The molecular weight excluding hydrogens is 605 g/mol. The van der Waals surface area contributed by atoms with Crippen molar-refractivity contribution in [3.63, 3.8) is 0 Å². The van der Waals surface area contributed by atoms with Crippen LogP contribution >= 0.6 is 11.6 Å². The lowest BCUT2D eigenvalue weighted by Gasteiger charge is -2.33. The van der Waals surface area contributed by atoms with Gasteiger partial charge in [0.05, 0.1) is 27.5 Å². The van der Waals surface area contributed by atoms with Crippen LogP contribution in [0.1, 0.15) is 34.3 Å². The molecule has 0 unspecified atom stereocenters. The predicted molar refractivity (Wildman–Crippen MR) is 166 cm³/mol. The number of aryl methyl sites for hydroxylation is 1. The number of nitrogens with zero attached hydrogens (tertiary/aromatic N) is 6. The molecule has 5 aromatic rings. The van der Waals surface area contributed by atoms with Gasteiger partial charge in [-0.05, 0) is 86.0 Å². The van der Waals surface area contributed by atoms with Crippen molar-refractivity contribution < 1.29 is 18.0 Å². The number of carbonyl (C=O) groups is 1.